The Balaban J connectivity index is 1.79. The number of nitriles is 1. The first-order valence-corrected chi connectivity index (χ1v) is 11.2. The first-order valence-electron chi connectivity index (χ1n) is 11.2. The molecule has 1 fully saturated rings. The van der Waals surface area contributed by atoms with Crippen LogP contribution in [0.3, 0.4) is 0 Å². The largest absolute Gasteiger partial charge is 0.363 e. The van der Waals surface area contributed by atoms with Gasteiger partial charge in [0.1, 0.15) is 17.5 Å². The van der Waals surface area contributed by atoms with Crippen molar-refractivity contribution >= 4 is 16.9 Å². The van der Waals surface area contributed by atoms with E-state index in [1.54, 1.807) is 13.8 Å². The Labute approximate surface area is 196 Å². The summed E-state index contributed by atoms with van der Waals surface area (Å²) in [4.78, 5) is 15.8. The van der Waals surface area contributed by atoms with Crippen LogP contribution in [-0.2, 0) is 5.41 Å². The summed E-state index contributed by atoms with van der Waals surface area (Å²) < 4.78 is 41.1. The average Bonchev–Trinajstić information content (AvgIpc) is 2.79. The second-order valence-electron chi connectivity index (χ2n) is 9.03. The Bertz CT molecular complexity index is 1260. The molecule has 0 bridgehead atoms. The molecule has 3 heterocycles. The predicted molar refractivity (Wildman–Crippen MR) is 124 cm³/mol. The number of fused-ring (bicyclic) bond motifs is 1. The van der Waals surface area contributed by atoms with Crippen molar-refractivity contribution in [1.82, 2.24) is 19.9 Å². The number of aromatic nitrogens is 3. The number of hydrogen-bond donors (Lipinski definition) is 1. The van der Waals surface area contributed by atoms with Gasteiger partial charge in [0.25, 0.3) is 6.43 Å². The van der Waals surface area contributed by atoms with Crippen LogP contribution >= 0.6 is 0 Å². The van der Waals surface area contributed by atoms with Gasteiger partial charge < -0.3 is 10.2 Å². The van der Waals surface area contributed by atoms with Gasteiger partial charge in [0.05, 0.1) is 28.5 Å². The molecule has 0 saturated carbocycles. The maximum atomic E-state index is 14.8. The molecule has 34 heavy (non-hydrogen) atoms. The molecule has 0 amide bonds. The number of pyridine rings is 1. The van der Waals surface area contributed by atoms with Gasteiger partial charge >= 0.3 is 0 Å². The number of benzene rings is 1. The average molecular weight is 469 g/mol. The number of piperidine rings is 1. The summed E-state index contributed by atoms with van der Waals surface area (Å²) in [7, 11) is 2.04. The zero-order chi connectivity index (χ0) is 24.6. The number of rotatable bonds is 5. The van der Waals surface area contributed by atoms with Crippen LogP contribution in [-0.4, -0.2) is 40.0 Å². The molecule has 4 rings (SSSR count). The van der Waals surface area contributed by atoms with Gasteiger partial charge in [0.2, 0.25) is 0 Å². The van der Waals surface area contributed by atoms with E-state index >= 15 is 0 Å². The lowest BCUT2D eigenvalue weighted by Crippen LogP contribution is -2.40. The minimum absolute atomic E-state index is 0.117. The molecule has 0 spiro atoms. The number of aryl methyl sites for hydroxylation is 2. The van der Waals surface area contributed by atoms with Gasteiger partial charge in [0, 0.05) is 11.3 Å². The Hall–Kier alpha value is -3.25. The number of likely N-dealkylation sites (tertiary alicyclic amines) is 1. The number of hydrogen-bond acceptors (Lipinski definition) is 6. The molecule has 9 heteroatoms. The highest BCUT2D eigenvalue weighted by Gasteiger charge is 2.37. The third-order valence-electron chi connectivity index (χ3n) is 6.67. The Morgan fingerprint density at radius 3 is 2.44 bits per heavy atom. The van der Waals surface area contributed by atoms with Crippen molar-refractivity contribution < 1.29 is 13.2 Å². The third kappa shape index (κ3) is 4.30. The van der Waals surface area contributed by atoms with Crippen molar-refractivity contribution in [3.63, 3.8) is 0 Å². The van der Waals surface area contributed by atoms with Crippen LogP contribution in [0.15, 0.2) is 24.3 Å². The highest BCUT2D eigenvalue weighted by Crippen LogP contribution is 2.38. The molecule has 1 saturated heterocycles. The SMILES string of the molecule is Cc1nc(N[C@H](C)c2cccc(C(F)F)c2F)c2cc(C3(C#N)CCN(C)CC3)c(C)nc2n1. The molecule has 1 N–H and O–H groups in total. The van der Waals surface area contributed by atoms with E-state index in [1.165, 1.54) is 12.1 Å². The second kappa shape index (κ2) is 9.18. The lowest BCUT2D eigenvalue weighted by atomic mass is 9.73. The Morgan fingerprint density at radius 1 is 1.12 bits per heavy atom. The molecule has 178 valence electrons. The van der Waals surface area contributed by atoms with E-state index < -0.39 is 29.3 Å². The molecule has 0 aliphatic carbocycles. The topological polar surface area (TPSA) is 77.7 Å². The quantitative estimate of drug-likeness (QED) is 0.542. The molecular formula is C25H27F3N6. The summed E-state index contributed by atoms with van der Waals surface area (Å²) in [6.07, 6.45) is -1.53. The van der Waals surface area contributed by atoms with E-state index in [1.807, 2.05) is 20.0 Å². The fourth-order valence-electron chi connectivity index (χ4n) is 4.64. The number of alkyl halides is 2. The summed E-state index contributed by atoms with van der Waals surface area (Å²) in [6, 6.07) is 7.78. The number of anilines is 1. The minimum atomic E-state index is -2.90. The van der Waals surface area contributed by atoms with Crippen molar-refractivity contribution in [2.24, 2.45) is 0 Å². The van der Waals surface area contributed by atoms with Crippen LogP contribution in [0.2, 0.25) is 0 Å². The molecule has 0 radical (unpaired) electrons. The van der Waals surface area contributed by atoms with Crippen LogP contribution in [0.5, 0.6) is 0 Å². The smallest absolute Gasteiger partial charge is 0.266 e. The van der Waals surface area contributed by atoms with Gasteiger partial charge in [-0.2, -0.15) is 5.26 Å². The van der Waals surface area contributed by atoms with Crippen molar-refractivity contribution in [1.29, 1.82) is 5.26 Å². The van der Waals surface area contributed by atoms with Gasteiger partial charge in [-0.05, 0) is 65.4 Å². The summed E-state index contributed by atoms with van der Waals surface area (Å²) in [6.45, 7) is 6.90. The Morgan fingerprint density at radius 2 is 1.79 bits per heavy atom. The maximum absolute atomic E-state index is 14.8. The first-order chi connectivity index (χ1) is 16.1. The van der Waals surface area contributed by atoms with E-state index in [0.29, 0.717) is 35.5 Å². The summed E-state index contributed by atoms with van der Waals surface area (Å²) in [5, 5.41) is 13.9. The molecule has 1 atom stereocenters. The van der Waals surface area contributed by atoms with Crippen molar-refractivity contribution in [3.05, 3.63) is 58.3 Å². The van der Waals surface area contributed by atoms with E-state index in [4.69, 9.17) is 4.98 Å². The highest BCUT2D eigenvalue weighted by atomic mass is 19.3. The van der Waals surface area contributed by atoms with E-state index in [2.05, 4.69) is 26.3 Å². The van der Waals surface area contributed by atoms with E-state index in [9.17, 15) is 18.4 Å². The minimum Gasteiger partial charge on any atom is -0.363 e. The summed E-state index contributed by atoms with van der Waals surface area (Å²) in [5.41, 5.74) is 0.866. The fraction of sp³-hybridized carbons (Fsp3) is 0.440. The number of halogens is 3. The van der Waals surface area contributed by atoms with E-state index in [0.717, 1.165) is 30.4 Å². The fourth-order valence-corrected chi connectivity index (χ4v) is 4.64. The molecule has 3 aromatic rings. The van der Waals surface area contributed by atoms with Crippen LogP contribution in [0.25, 0.3) is 11.0 Å². The van der Waals surface area contributed by atoms with Crippen molar-refractivity contribution in [2.45, 2.75) is 51.5 Å². The Kier molecular flexibility index (Phi) is 6.45. The van der Waals surface area contributed by atoms with Crippen LogP contribution in [0, 0.1) is 31.0 Å². The van der Waals surface area contributed by atoms with Gasteiger partial charge in [-0.15, -0.1) is 0 Å². The van der Waals surface area contributed by atoms with Gasteiger partial charge in [-0.3, -0.25) is 0 Å². The third-order valence-corrected chi connectivity index (χ3v) is 6.67. The van der Waals surface area contributed by atoms with Crippen LogP contribution in [0.4, 0.5) is 19.0 Å². The van der Waals surface area contributed by atoms with Gasteiger partial charge in [-0.25, -0.2) is 28.1 Å². The van der Waals surface area contributed by atoms with E-state index in [-0.39, 0.29) is 5.56 Å². The van der Waals surface area contributed by atoms with Crippen LogP contribution < -0.4 is 5.32 Å². The van der Waals surface area contributed by atoms with Crippen LogP contribution in [0.1, 0.15) is 60.4 Å². The molecule has 2 aromatic heterocycles. The maximum Gasteiger partial charge on any atom is 0.266 e. The second-order valence-corrected chi connectivity index (χ2v) is 9.03. The highest BCUT2D eigenvalue weighted by molar-refractivity contribution is 5.87. The summed E-state index contributed by atoms with van der Waals surface area (Å²) in [5.74, 6) is -0.0402. The predicted octanol–water partition coefficient (Wildman–Crippen LogP) is 5.38. The number of nitrogens with one attached hydrogen (secondary N) is 1. The van der Waals surface area contributed by atoms with Gasteiger partial charge in [0.15, 0.2) is 5.65 Å². The standard InChI is InChI=1S/C25H27F3N6/c1-14(17-6-5-7-18(21(17)26)22(27)28)30-23-19-12-20(15(2)31-24(19)33-16(3)32-23)25(13-29)8-10-34(4)11-9-25/h5-7,12,14,22H,8-11H2,1-4H3,(H,30,31,32,33)/t14-/m1/s1. The summed E-state index contributed by atoms with van der Waals surface area (Å²) >= 11 is 0. The molecule has 0 unspecified atom stereocenters. The zero-order valence-corrected chi connectivity index (χ0v) is 19.7. The molecular weight excluding hydrogens is 441 g/mol. The van der Waals surface area contributed by atoms with Gasteiger partial charge in [-0.1, -0.05) is 18.2 Å². The zero-order valence-electron chi connectivity index (χ0n) is 19.7. The van der Waals surface area contributed by atoms with Crippen molar-refractivity contribution in [2.75, 3.05) is 25.5 Å². The number of nitrogens with zero attached hydrogens (tertiary/aromatic N) is 5. The normalized spacial score (nSPS) is 17.0. The lowest BCUT2D eigenvalue weighted by molar-refractivity contribution is 0.146. The van der Waals surface area contributed by atoms with Crippen molar-refractivity contribution in [3.8, 4) is 6.07 Å². The first kappa shape index (κ1) is 23.9. The monoisotopic (exact) mass is 468 g/mol. The lowest BCUT2D eigenvalue weighted by Gasteiger charge is -2.36. The molecule has 6 nitrogen and oxygen atoms in total. The molecule has 1 aliphatic heterocycles. The molecule has 1 aromatic carbocycles. The molecule has 1 aliphatic rings.